The molecule has 0 saturated carbocycles. The SMILES string of the molecule is CC(C)C(=O)c1ccc(SC(C)c2ccccc2)cc1. The lowest BCUT2D eigenvalue weighted by atomic mass is 10.0. The summed E-state index contributed by atoms with van der Waals surface area (Å²) in [6.45, 7) is 6.07. The van der Waals surface area contributed by atoms with Crippen LogP contribution in [-0.4, -0.2) is 5.78 Å². The Morgan fingerprint density at radius 1 is 0.900 bits per heavy atom. The second-order valence-corrected chi connectivity index (χ2v) is 6.63. The molecule has 2 aromatic carbocycles. The molecule has 2 rings (SSSR count). The molecule has 0 aliphatic rings. The summed E-state index contributed by atoms with van der Waals surface area (Å²) in [5.41, 5.74) is 2.12. The predicted octanol–water partition coefficient (Wildman–Crippen LogP) is 5.38. The highest BCUT2D eigenvalue weighted by Gasteiger charge is 2.11. The van der Waals surface area contributed by atoms with Crippen molar-refractivity contribution in [3.05, 3.63) is 65.7 Å². The van der Waals surface area contributed by atoms with Gasteiger partial charge in [0.1, 0.15) is 0 Å². The third-order valence-corrected chi connectivity index (χ3v) is 4.42. The first-order valence-corrected chi connectivity index (χ1v) is 7.82. The van der Waals surface area contributed by atoms with Gasteiger partial charge in [0.25, 0.3) is 0 Å². The summed E-state index contributed by atoms with van der Waals surface area (Å²) in [4.78, 5) is 13.1. The normalized spacial score (nSPS) is 12.4. The van der Waals surface area contributed by atoms with Crippen molar-refractivity contribution in [1.29, 1.82) is 0 Å². The standard InChI is InChI=1S/C18H20OS/c1-13(2)18(19)16-9-11-17(12-10-16)20-14(3)15-7-5-4-6-8-15/h4-14H,1-3H3. The minimum absolute atomic E-state index is 0.0525. The lowest BCUT2D eigenvalue weighted by molar-refractivity contribution is 0.0939. The molecule has 2 aromatic rings. The van der Waals surface area contributed by atoms with Gasteiger partial charge in [0.15, 0.2) is 5.78 Å². The number of rotatable bonds is 5. The zero-order chi connectivity index (χ0) is 14.5. The van der Waals surface area contributed by atoms with Crippen LogP contribution in [0, 0.1) is 5.92 Å². The Kier molecular flexibility index (Phi) is 5.02. The minimum Gasteiger partial charge on any atom is -0.294 e. The Morgan fingerprint density at radius 2 is 1.50 bits per heavy atom. The van der Waals surface area contributed by atoms with Crippen LogP contribution in [-0.2, 0) is 0 Å². The van der Waals surface area contributed by atoms with Crippen molar-refractivity contribution in [1.82, 2.24) is 0 Å². The summed E-state index contributed by atoms with van der Waals surface area (Å²) < 4.78 is 0. The predicted molar refractivity (Wildman–Crippen MR) is 86.3 cm³/mol. The zero-order valence-electron chi connectivity index (χ0n) is 12.2. The van der Waals surface area contributed by atoms with Gasteiger partial charge in [-0.25, -0.2) is 0 Å². The number of thioether (sulfide) groups is 1. The summed E-state index contributed by atoms with van der Waals surface area (Å²) in [5.74, 6) is 0.259. The van der Waals surface area contributed by atoms with Crippen LogP contribution in [0.2, 0.25) is 0 Å². The van der Waals surface area contributed by atoms with E-state index in [9.17, 15) is 4.79 Å². The Morgan fingerprint density at radius 3 is 2.05 bits per heavy atom. The van der Waals surface area contributed by atoms with Crippen LogP contribution in [0.15, 0.2) is 59.5 Å². The van der Waals surface area contributed by atoms with Gasteiger partial charge in [-0.3, -0.25) is 4.79 Å². The molecule has 1 nitrogen and oxygen atoms in total. The van der Waals surface area contributed by atoms with Gasteiger partial charge in [0.2, 0.25) is 0 Å². The van der Waals surface area contributed by atoms with E-state index in [2.05, 4.69) is 31.2 Å². The van der Waals surface area contributed by atoms with E-state index in [4.69, 9.17) is 0 Å². The first kappa shape index (κ1) is 14.9. The molecule has 0 aliphatic heterocycles. The molecule has 0 radical (unpaired) electrons. The Bertz CT molecular complexity index is 558. The average molecular weight is 284 g/mol. The number of ketones is 1. The molecule has 0 saturated heterocycles. The first-order valence-electron chi connectivity index (χ1n) is 6.94. The van der Waals surface area contributed by atoms with E-state index >= 15 is 0 Å². The first-order chi connectivity index (χ1) is 9.58. The molecule has 1 atom stereocenters. The van der Waals surface area contributed by atoms with Crippen LogP contribution >= 0.6 is 11.8 Å². The van der Waals surface area contributed by atoms with Gasteiger partial charge < -0.3 is 0 Å². The Labute approximate surface area is 125 Å². The highest BCUT2D eigenvalue weighted by molar-refractivity contribution is 7.99. The summed E-state index contributed by atoms with van der Waals surface area (Å²) in [6.07, 6.45) is 0. The molecular formula is C18H20OS. The minimum atomic E-state index is 0.0525. The van der Waals surface area contributed by atoms with Gasteiger partial charge in [-0.2, -0.15) is 0 Å². The van der Waals surface area contributed by atoms with E-state index in [1.165, 1.54) is 10.5 Å². The fourth-order valence-electron chi connectivity index (χ4n) is 2.03. The highest BCUT2D eigenvalue weighted by Crippen LogP contribution is 2.34. The van der Waals surface area contributed by atoms with Crippen molar-refractivity contribution in [3.63, 3.8) is 0 Å². The van der Waals surface area contributed by atoms with Crippen LogP contribution < -0.4 is 0 Å². The number of hydrogen-bond donors (Lipinski definition) is 0. The molecule has 0 fully saturated rings. The Balaban J connectivity index is 2.06. The van der Waals surface area contributed by atoms with Crippen molar-refractivity contribution < 1.29 is 4.79 Å². The summed E-state index contributed by atoms with van der Waals surface area (Å²) >= 11 is 1.81. The lowest BCUT2D eigenvalue weighted by Gasteiger charge is -2.12. The van der Waals surface area contributed by atoms with Crippen molar-refractivity contribution in [2.45, 2.75) is 30.9 Å². The smallest absolute Gasteiger partial charge is 0.165 e. The van der Waals surface area contributed by atoms with Crippen molar-refractivity contribution >= 4 is 17.5 Å². The average Bonchev–Trinajstić information content (AvgIpc) is 2.48. The molecule has 20 heavy (non-hydrogen) atoms. The van der Waals surface area contributed by atoms with Crippen molar-refractivity contribution in [2.24, 2.45) is 5.92 Å². The summed E-state index contributed by atoms with van der Waals surface area (Å²) in [5, 5.41) is 0.405. The van der Waals surface area contributed by atoms with Crippen molar-refractivity contribution in [3.8, 4) is 0 Å². The fraction of sp³-hybridized carbons (Fsp3) is 0.278. The molecule has 1 unspecified atom stereocenters. The van der Waals surface area contributed by atoms with Crippen LogP contribution in [0.5, 0.6) is 0 Å². The Hall–Kier alpha value is -1.54. The van der Waals surface area contributed by atoms with E-state index in [1.54, 1.807) is 0 Å². The topological polar surface area (TPSA) is 17.1 Å². The maximum absolute atomic E-state index is 11.9. The van der Waals surface area contributed by atoms with Crippen LogP contribution in [0.1, 0.15) is 41.9 Å². The molecule has 0 aliphatic carbocycles. The maximum Gasteiger partial charge on any atom is 0.165 e. The van der Waals surface area contributed by atoms with Gasteiger partial charge in [0, 0.05) is 21.6 Å². The molecule has 0 heterocycles. The quantitative estimate of drug-likeness (QED) is 0.541. The highest BCUT2D eigenvalue weighted by atomic mass is 32.2. The van der Waals surface area contributed by atoms with Crippen molar-refractivity contribution in [2.75, 3.05) is 0 Å². The van der Waals surface area contributed by atoms with E-state index in [0.717, 1.165) is 5.56 Å². The maximum atomic E-state index is 11.9. The number of carbonyl (C=O) groups excluding carboxylic acids is 1. The van der Waals surface area contributed by atoms with Gasteiger partial charge in [-0.05, 0) is 24.6 Å². The summed E-state index contributed by atoms with van der Waals surface area (Å²) in [6, 6.07) is 18.4. The third kappa shape index (κ3) is 3.73. The summed E-state index contributed by atoms with van der Waals surface area (Å²) in [7, 11) is 0. The van der Waals surface area contributed by atoms with E-state index < -0.39 is 0 Å². The number of Topliss-reactive ketones (excluding diaryl/α,β-unsaturated/α-hetero) is 1. The van der Waals surface area contributed by atoms with Gasteiger partial charge in [-0.15, -0.1) is 11.8 Å². The number of hydrogen-bond acceptors (Lipinski definition) is 2. The van der Waals surface area contributed by atoms with E-state index in [1.807, 2.05) is 55.9 Å². The monoisotopic (exact) mass is 284 g/mol. The molecule has 0 spiro atoms. The second kappa shape index (κ2) is 6.76. The van der Waals surface area contributed by atoms with Crippen LogP contribution in [0.4, 0.5) is 0 Å². The molecule has 0 bridgehead atoms. The van der Waals surface area contributed by atoms with Crippen LogP contribution in [0.3, 0.4) is 0 Å². The third-order valence-electron chi connectivity index (χ3n) is 3.25. The van der Waals surface area contributed by atoms with E-state index in [0.29, 0.717) is 5.25 Å². The molecule has 0 N–H and O–H groups in total. The molecule has 2 heteroatoms. The largest absolute Gasteiger partial charge is 0.294 e. The van der Waals surface area contributed by atoms with E-state index in [-0.39, 0.29) is 11.7 Å². The van der Waals surface area contributed by atoms with Crippen LogP contribution in [0.25, 0.3) is 0 Å². The van der Waals surface area contributed by atoms with Gasteiger partial charge in [-0.1, -0.05) is 56.3 Å². The molecule has 0 amide bonds. The zero-order valence-corrected chi connectivity index (χ0v) is 13.0. The second-order valence-electron chi connectivity index (χ2n) is 5.21. The van der Waals surface area contributed by atoms with Gasteiger partial charge >= 0.3 is 0 Å². The number of carbonyl (C=O) groups is 1. The van der Waals surface area contributed by atoms with Gasteiger partial charge in [0.05, 0.1) is 0 Å². The molecular weight excluding hydrogens is 264 g/mol. The lowest BCUT2D eigenvalue weighted by Crippen LogP contribution is -2.06. The molecule has 0 aromatic heterocycles. The molecule has 104 valence electrons. The fourth-order valence-corrected chi connectivity index (χ4v) is 3.02. The number of benzene rings is 2.